The van der Waals surface area contributed by atoms with Crippen LogP contribution in [-0.4, -0.2) is 18.5 Å². The lowest BCUT2D eigenvalue weighted by Gasteiger charge is -2.11. The fourth-order valence-electron chi connectivity index (χ4n) is 2.34. The van der Waals surface area contributed by atoms with Crippen LogP contribution < -0.4 is 5.32 Å². The minimum absolute atomic E-state index is 0.188. The number of hydrogen-bond acceptors (Lipinski definition) is 3. The average molecular weight is 311 g/mol. The van der Waals surface area contributed by atoms with Crippen molar-refractivity contribution in [3.63, 3.8) is 0 Å². The molecule has 0 fully saturated rings. The Hall–Kier alpha value is -2.62. The van der Waals surface area contributed by atoms with E-state index in [1.54, 1.807) is 31.2 Å². The minimum Gasteiger partial charge on any atom is -0.462 e. The molecular weight excluding hydrogens is 290 g/mol. The molecule has 0 saturated heterocycles. The first-order valence-corrected chi connectivity index (χ1v) is 7.58. The third kappa shape index (κ3) is 3.97. The fraction of sp³-hybridized carbons (Fsp3) is 0.263. The molecule has 0 aliphatic rings. The first kappa shape index (κ1) is 16.7. The molecule has 0 bridgehead atoms. The van der Waals surface area contributed by atoms with Gasteiger partial charge in [0.2, 0.25) is 0 Å². The number of nitrogens with one attached hydrogen (secondary N) is 1. The van der Waals surface area contributed by atoms with Gasteiger partial charge in [0.15, 0.2) is 0 Å². The maximum atomic E-state index is 12.5. The number of ether oxygens (including phenoxy) is 1. The molecule has 0 unspecified atom stereocenters. The molecule has 2 rings (SSSR count). The summed E-state index contributed by atoms with van der Waals surface area (Å²) >= 11 is 0. The second-order valence-corrected chi connectivity index (χ2v) is 5.51. The predicted octanol–water partition coefficient (Wildman–Crippen LogP) is 4.04. The molecule has 0 aliphatic carbocycles. The molecule has 0 saturated carbocycles. The van der Waals surface area contributed by atoms with Gasteiger partial charge in [0.1, 0.15) is 0 Å². The zero-order valence-corrected chi connectivity index (χ0v) is 13.9. The number of aryl methyl sites for hydroxylation is 3. The molecule has 2 aromatic carbocycles. The molecular formula is C19H21NO3. The Labute approximate surface area is 136 Å². The molecule has 2 aromatic rings. The van der Waals surface area contributed by atoms with Gasteiger partial charge in [-0.1, -0.05) is 12.1 Å². The molecule has 23 heavy (non-hydrogen) atoms. The molecule has 0 aromatic heterocycles. The number of amides is 1. The highest BCUT2D eigenvalue weighted by molar-refractivity contribution is 6.06. The summed E-state index contributed by atoms with van der Waals surface area (Å²) in [5.41, 5.74) is 4.77. The highest BCUT2D eigenvalue weighted by Gasteiger charge is 2.12. The highest BCUT2D eigenvalue weighted by Crippen LogP contribution is 2.18. The Morgan fingerprint density at radius 1 is 1.00 bits per heavy atom. The Balaban J connectivity index is 2.22. The summed E-state index contributed by atoms with van der Waals surface area (Å²) in [7, 11) is 0. The van der Waals surface area contributed by atoms with Gasteiger partial charge in [-0.15, -0.1) is 0 Å². The van der Waals surface area contributed by atoms with Crippen molar-refractivity contribution < 1.29 is 14.3 Å². The average Bonchev–Trinajstić information content (AvgIpc) is 2.51. The minimum atomic E-state index is -0.397. The second-order valence-electron chi connectivity index (χ2n) is 5.51. The lowest BCUT2D eigenvalue weighted by atomic mass is 10.0. The molecule has 0 radical (unpaired) electrons. The van der Waals surface area contributed by atoms with Crippen LogP contribution in [0.25, 0.3) is 0 Å². The molecule has 0 heterocycles. The highest BCUT2D eigenvalue weighted by atomic mass is 16.5. The van der Waals surface area contributed by atoms with Crippen molar-refractivity contribution in [1.29, 1.82) is 0 Å². The molecule has 0 aliphatic heterocycles. The number of esters is 1. The van der Waals surface area contributed by atoms with Gasteiger partial charge in [-0.05, 0) is 68.7 Å². The monoisotopic (exact) mass is 311 g/mol. The molecule has 1 amide bonds. The van der Waals surface area contributed by atoms with Crippen LogP contribution in [0, 0.1) is 20.8 Å². The van der Waals surface area contributed by atoms with Crippen LogP contribution in [0.3, 0.4) is 0 Å². The molecule has 0 spiro atoms. The van der Waals surface area contributed by atoms with Crippen molar-refractivity contribution in [3.05, 3.63) is 64.2 Å². The van der Waals surface area contributed by atoms with E-state index < -0.39 is 5.97 Å². The predicted molar refractivity (Wildman–Crippen MR) is 91.0 cm³/mol. The van der Waals surface area contributed by atoms with E-state index >= 15 is 0 Å². The Kier molecular flexibility index (Phi) is 5.16. The zero-order chi connectivity index (χ0) is 17.0. The largest absolute Gasteiger partial charge is 0.462 e. The Morgan fingerprint density at radius 2 is 1.70 bits per heavy atom. The summed E-state index contributed by atoms with van der Waals surface area (Å²) < 4.78 is 4.97. The SMILES string of the molecule is CCOC(=O)c1cccc(NC(=O)c2cc(C)c(C)cc2C)c1. The van der Waals surface area contributed by atoms with E-state index in [9.17, 15) is 9.59 Å². The first-order valence-electron chi connectivity index (χ1n) is 7.58. The van der Waals surface area contributed by atoms with E-state index in [0.29, 0.717) is 23.4 Å². The van der Waals surface area contributed by atoms with E-state index in [0.717, 1.165) is 16.7 Å². The molecule has 1 N–H and O–H groups in total. The normalized spacial score (nSPS) is 10.3. The number of rotatable bonds is 4. The van der Waals surface area contributed by atoms with Crippen LogP contribution in [0.2, 0.25) is 0 Å². The van der Waals surface area contributed by atoms with Crippen LogP contribution in [0.1, 0.15) is 44.3 Å². The van der Waals surface area contributed by atoms with Gasteiger partial charge < -0.3 is 10.1 Å². The van der Waals surface area contributed by atoms with Crippen LogP contribution in [0.5, 0.6) is 0 Å². The van der Waals surface area contributed by atoms with Crippen LogP contribution in [0.15, 0.2) is 36.4 Å². The number of benzene rings is 2. The maximum Gasteiger partial charge on any atom is 0.338 e. The number of anilines is 1. The second kappa shape index (κ2) is 7.09. The van der Waals surface area contributed by atoms with Gasteiger partial charge in [-0.25, -0.2) is 4.79 Å². The molecule has 120 valence electrons. The quantitative estimate of drug-likeness (QED) is 0.867. The molecule has 4 heteroatoms. The van der Waals surface area contributed by atoms with Gasteiger partial charge in [0.25, 0.3) is 5.91 Å². The smallest absolute Gasteiger partial charge is 0.338 e. The van der Waals surface area contributed by atoms with E-state index in [-0.39, 0.29) is 5.91 Å². The van der Waals surface area contributed by atoms with Gasteiger partial charge in [-0.2, -0.15) is 0 Å². The number of carbonyl (C=O) groups is 2. The van der Waals surface area contributed by atoms with Crippen LogP contribution in [0.4, 0.5) is 5.69 Å². The maximum absolute atomic E-state index is 12.5. The number of carbonyl (C=O) groups excluding carboxylic acids is 2. The van der Waals surface area contributed by atoms with Crippen molar-refractivity contribution in [2.75, 3.05) is 11.9 Å². The summed E-state index contributed by atoms with van der Waals surface area (Å²) in [6, 6.07) is 10.6. The topological polar surface area (TPSA) is 55.4 Å². The summed E-state index contributed by atoms with van der Waals surface area (Å²) in [4.78, 5) is 24.2. The molecule has 0 atom stereocenters. The summed E-state index contributed by atoms with van der Waals surface area (Å²) in [5.74, 6) is -0.586. The fourth-order valence-corrected chi connectivity index (χ4v) is 2.34. The van der Waals surface area contributed by atoms with E-state index in [2.05, 4.69) is 5.32 Å². The molecule has 4 nitrogen and oxygen atoms in total. The summed E-state index contributed by atoms with van der Waals surface area (Å²) in [6.45, 7) is 7.99. The first-order chi connectivity index (χ1) is 10.9. The van der Waals surface area contributed by atoms with E-state index in [1.807, 2.05) is 32.9 Å². The van der Waals surface area contributed by atoms with Crippen molar-refractivity contribution >= 4 is 17.6 Å². The van der Waals surface area contributed by atoms with Crippen molar-refractivity contribution in [3.8, 4) is 0 Å². The zero-order valence-electron chi connectivity index (χ0n) is 13.9. The van der Waals surface area contributed by atoms with Crippen molar-refractivity contribution in [1.82, 2.24) is 0 Å². The van der Waals surface area contributed by atoms with Crippen LogP contribution in [-0.2, 0) is 4.74 Å². The van der Waals surface area contributed by atoms with Gasteiger partial charge in [0, 0.05) is 11.3 Å². The Morgan fingerprint density at radius 3 is 2.39 bits per heavy atom. The number of hydrogen-bond donors (Lipinski definition) is 1. The van der Waals surface area contributed by atoms with Gasteiger partial charge in [-0.3, -0.25) is 4.79 Å². The third-order valence-corrected chi connectivity index (χ3v) is 3.72. The summed E-state index contributed by atoms with van der Waals surface area (Å²) in [5, 5.41) is 2.84. The van der Waals surface area contributed by atoms with E-state index in [4.69, 9.17) is 4.74 Å². The van der Waals surface area contributed by atoms with Gasteiger partial charge in [0.05, 0.1) is 12.2 Å². The van der Waals surface area contributed by atoms with E-state index in [1.165, 1.54) is 0 Å². The van der Waals surface area contributed by atoms with Crippen molar-refractivity contribution in [2.45, 2.75) is 27.7 Å². The van der Waals surface area contributed by atoms with Crippen molar-refractivity contribution in [2.24, 2.45) is 0 Å². The third-order valence-electron chi connectivity index (χ3n) is 3.72. The Bertz CT molecular complexity index is 750. The standard InChI is InChI=1S/C19H21NO3/c1-5-23-19(22)15-7-6-8-16(11-15)20-18(21)17-10-13(3)12(2)9-14(17)4/h6-11H,5H2,1-4H3,(H,20,21). The lowest BCUT2D eigenvalue weighted by molar-refractivity contribution is 0.0526. The van der Waals surface area contributed by atoms with Gasteiger partial charge >= 0.3 is 5.97 Å². The lowest BCUT2D eigenvalue weighted by Crippen LogP contribution is -2.14. The van der Waals surface area contributed by atoms with Crippen LogP contribution >= 0.6 is 0 Å². The summed E-state index contributed by atoms with van der Waals surface area (Å²) in [6.07, 6.45) is 0.